The van der Waals surface area contributed by atoms with Crippen LogP contribution in [0.2, 0.25) is 0 Å². The molecule has 0 saturated carbocycles. The highest BCUT2D eigenvalue weighted by molar-refractivity contribution is 7.89. The molecule has 0 saturated heterocycles. The van der Waals surface area contributed by atoms with Gasteiger partial charge in [0.25, 0.3) is 5.69 Å². The summed E-state index contributed by atoms with van der Waals surface area (Å²) in [4.78, 5) is 9.96. The Hall–Kier alpha value is -2.19. The van der Waals surface area contributed by atoms with E-state index in [1.54, 1.807) is 19.1 Å². The summed E-state index contributed by atoms with van der Waals surface area (Å²) in [5.74, 6) is 0.455. The summed E-state index contributed by atoms with van der Waals surface area (Å²) >= 11 is 0. The van der Waals surface area contributed by atoms with Crippen molar-refractivity contribution >= 4 is 15.7 Å². The Bertz CT molecular complexity index is 722. The molecule has 0 aliphatic rings. The van der Waals surface area contributed by atoms with Gasteiger partial charge in [0.15, 0.2) is 0 Å². The molecule has 1 aromatic carbocycles. The Morgan fingerprint density at radius 3 is 2.70 bits per heavy atom. The summed E-state index contributed by atoms with van der Waals surface area (Å²) in [6.07, 6.45) is 1.43. The van der Waals surface area contributed by atoms with E-state index in [1.165, 1.54) is 18.4 Å². The Balaban J connectivity index is 2.28. The van der Waals surface area contributed by atoms with E-state index in [0.29, 0.717) is 11.3 Å². The van der Waals surface area contributed by atoms with Crippen LogP contribution in [-0.2, 0) is 16.6 Å². The number of nitrogens with one attached hydrogen (secondary N) is 1. The quantitative estimate of drug-likeness (QED) is 0.671. The minimum absolute atomic E-state index is 0.0164. The smallest absolute Gasteiger partial charge is 0.270 e. The zero-order valence-electron chi connectivity index (χ0n) is 10.6. The normalized spacial score (nSPS) is 11.4. The highest BCUT2D eigenvalue weighted by Crippen LogP contribution is 2.21. The Kier molecular flexibility index (Phi) is 3.86. The van der Waals surface area contributed by atoms with Gasteiger partial charge < -0.3 is 4.42 Å². The van der Waals surface area contributed by atoms with Crippen LogP contribution in [0.15, 0.2) is 45.9 Å². The number of rotatable bonds is 5. The number of benzene rings is 1. The van der Waals surface area contributed by atoms with Crippen molar-refractivity contribution in [2.45, 2.75) is 18.4 Å². The predicted octanol–water partition coefficient (Wildman–Crippen LogP) is 1.97. The van der Waals surface area contributed by atoms with E-state index in [1.807, 2.05) is 0 Å². The van der Waals surface area contributed by atoms with Crippen LogP contribution >= 0.6 is 0 Å². The lowest BCUT2D eigenvalue weighted by Crippen LogP contribution is -2.23. The van der Waals surface area contributed by atoms with Crippen LogP contribution in [0.3, 0.4) is 0 Å². The Morgan fingerprint density at radius 2 is 2.10 bits per heavy atom. The molecule has 0 radical (unpaired) electrons. The van der Waals surface area contributed by atoms with Crippen LogP contribution in [0.4, 0.5) is 5.69 Å². The molecule has 7 nitrogen and oxygen atoms in total. The van der Waals surface area contributed by atoms with Crippen molar-refractivity contribution in [2.24, 2.45) is 0 Å². The van der Waals surface area contributed by atoms with Crippen molar-refractivity contribution in [1.29, 1.82) is 0 Å². The maximum Gasteiger partial charge on any atom is 0.270 e. The number of non-ortho nitro benzene ring substituents is 1. The van der Waals surface area contributed by atoms with Gasteiger partial charge in [0.05, 0.1) is 22.6 Å². The molecule has 1 N–H and O–H groups in total. The number of sulfonamides is 1. The molecule has 1 heterocycles. The molecule has 0 amide bonds. The molecule has 8 heteroatoms. The fourth-order valence-electron chi connectivity index (χ4n) is 1.65. The molecule has 2 rings (SSSR count). The van der Waals surface area contributed by atoms with Gasteiger partial charge in [0.2, 0.25) is 10.0 Å². The summed E-state index contributed by atoms with van der Waals surface area (Å²) in [5, 5.41) is 10.7. The average molecular weight is 296 g/mol. The number of hydrogen-bond donors (Lipinski definition) is 1. The van der Waals surface area contributed by atoms with Gasteiger partial charge in [-0.05, 0) is 24.6 Å². The van der Waals surface area contributed by atoms with Gasteiger partial charge in [0.1, 0.15) is 5.76 Å². The minimum atomic E-state index is -3.84. The van der Waals surface area contributed by atoms with E-state index in [4.69, 9.17) is 4.42 Å². The van der Waals surface area contributed by atoms with E-state index < -0.39 is 14.9 Å². The standard InChI is InChI=1S/C12H12N2O5S/c1-9-4-5-10(14(15)16)7-12(9)20(17,18)13-8-11-3-2-6-19-11/h2-7,13H,8H2,1H3. The van der Waals surface area contributed by atoms with Gasteiger partial charge in [-0.3, -0.25) is 10.1 Å². The number of nitrogens with zero attached hydrogens (tertiary/aromatic N) is 1. The first-order valence-corrected chi connectivity index (χ1v) is 7.15. The van der Waals surface area contributed by atoms with Crippen LogP contribution < -0.4 is 4.72 Å². The molecule has 0 atom stereocenters. The SMILES string of the molecule is Cc1ccc([N+](=O)[O-])cc1S(=O)(=O)NCc1ccco1. The molecule has 0 fully saturated rings. The van der Waals surface area contributed by atoms with Crippen LogP contribution in [0.5, 0.6) is 0 Å². The highest BCUT2D eigenvalue weighted by Gasteiger charge is 2.20. The first kappa shape index (κ1) is 14.2. The van der Waals surface area contributed by atoms with Gasteiger partial charge in [-0.2, -0.15) is 0 Å². The molecule has 0 aliphatic heterocycles. The second kappa shape index (κ2) is 5.43. The molecule has 0 unspecified atom stereocenters. The van der Waals surface area contributed by atoms with Crippen molar-refractivity contribution in [1.82, 2.24) is 4.72 Å². The minimum Gasteiger partial charge on any atom is -0.468 e. The first-order valence-electron chi connectivity index (χ1n) is 5.67. The van der Waals surface area contributed by atoms with Gasteiger partial charge in [-0.15, -0.1) is 0 Å². The van der Waals surface area contributed by atoms with Crippen LogP contribution in [-0.4, -0.2) is 13.3 Å². The van der Waals surface area contributed by atoms with Gasteiger partial charge in [0, 0.05) is 12.1 Å². The van der Waals surface area contributed by atoms with Crippen LogP contribution in [0.1, 0.15) is 11.3 Å². The van der Waals surface area contributed by atoms with Crippen molar-refractivity contribution < 1.29 is 17.8 Å². The maximum atomic E-state index is 12.1. The Morgan fingerprint density at radius 1 is 1.35 bits per heavy atom. The van der Waals surface area contributed by atoms with E-state index in [0.717, 1.165) is 6.07 Å². The Labute approximate surface area is 115 Å². The zero-order valence-corrected chi connectivity index (χ0v) is 11.4. The maximum absolute atomic E-state index is 12.1. The van der Waals surface area contributed by atoms with Gasteiger partial charge in [-0.1, -0.05) is 6.07 Å². The topological polar surface area (TPSA) is 102 Å². The van der Waals surface area contributed by atoms with E-state index in [9.17, 15) is 18.5 Å². The van der Waals surface area contributed by atoms with E-state index in [2.05, 4.69) is 4.72 Å². The number of furan rings is 1. The van der Waals surface area contributed by atoms with Crippen molar-refractivity contribution in [3.05, 3.63) is 58.0 Å². The summed E-state index contributed by atoms with van der Waals surface area (Å²) < 4.78 is 31.7. The molecule has 20 heavy (non-hydrogen) atoms. The largest absolute Gasteiger partial charge is 0.468 e. The van der Waals surface area contributed by atoms with Crippen molar-refractivity contribution in [3.8, 4) is 0 Å². The van der Waals surface area contributed by atoms with Gasteiger partial charge in [-0.25, -0.2) is 13.1 Å². The number of nitro benzene ring substituents is 1. The molecule has 0 bridgehead atoms. The average Bonchev–Trinajstić information content (AvgIpc) is 2.89. The fourth-order valence-corrected chi connectivity index (χ4v) is 2.90. The van der Waals surface area contributed by atoms with Crippen molar-refractivity contribution in [3.63, 3.8) is 0 Å². The fraction of sp³-hybridized carbons (Fsp3) is 0.167. The van der Waals surface area contributed by atoms with E-state index >= 15 is 0 Å². The van der Waals surface area contributed by atoms with Crippen LogP contribution in [0.25, 0.3) is 0 Å². The molecular weight excluding hydrogens is 284 g/mol. The lowest BCUT2D eigenvalue weighted by molar-refractivity contribution is -0.385. The number of hydrogen-bond acceptors (Lipinski definition) is 5. The first-order chi connectivity index (χ1) is 9.40. The van der Waals surface area contributed by atoms with Crippen molar-refractivity contribution in [2.75, 3.05) is 0 Å². The monoisotopic (exact) mass is 296 g/mol. The summed E-state index contributed by atoms with van der Waals surface area (Å²) in [5.41, 5.74) is 0.163. The molecule has 2 aromatic rings. The van der Waals surface area contributed by atoms with E-state index in [-0.39, 0.29) is 17.1 Å². The van der Waals surface area contributed by atoms with Crippen LogP contribution in [0, 0.1) is 17.0 Å². The second-order valence-corrected chi connectivity index (χ2v) is 5.85. The molecular formula is C12H12N2O5S. The van der Waals surface area contributed by atoms with Gasteiger partial charge >= 0.3 is 0 Å². The molecule has 1 aromatic heterocycles. The predicted molar refractivity (Wildman–Crippen MR) is 70.6 cm³/mol. The lowest BCUT2D eigenvalue weighted by Gasteiger charge is -2.08. The summed E-state index contributed by atoms with van der Waals surface area (Å²) in [7, 11) is -3.84. The summed E-state index contributed by atoms with van der Waals surface area (Å²) in [6.45, 7) is 1.56. The molecule has 0 aliphatic carbocycles. The zero-order chi connectivity index (χ0) is 14.8. The number of nitro groups is 1. The third-order valence-corrected chi connectivity index (χ3v) is 4.23. The third kappa shape index (κ3) is 3.03. The lowest BCUT2D eigenvalue weighted by atomic mass is 10.2. The number of aryl methyl sites for hydroxylation is 1. The molecule has 106 valence electrons. The highest BCUT2D eigenvalue weighted by atomic mass is 32.2. The second-order valence-electron chi connectivity index (χ2n) is 4.11. The summed E-state index contributed by atoms with van der Waals surface area (Å²) in [6, 6.07) is 6.98. The molecule has 0 spiro atoms. The third-order valence-electron chi connectivity index (χ3n) is 2.69.